The molecule has 0 N–H and O–H groups in total. The Labute approximate surface area is 89.2 Å². The van der Waals surface area contributed by atoms with Crippen LogP contribution in [0.4, 0.5) is 0 Å². The largest absolute Gasteiger partial charge is 0.338 e. The van der Waals surface area contributed by atoms with Crippen LogP contribution in [0.3, 0.4) is 0 Å². The van der Waals surface area contributed by atoms with Crippen LogP contribution in [0, 0.1) is 11.3 Å². The SMILES string of the molecule is CCN(Cc1ccncc1)C(=O)CC#N. The van der Waals surface area contributed by atoms with Crippen molar-refractivity contribution in [2.75, 3.05) is 6.54 Å². The van der Waals surface area contributed by atoms with Crippen LogP contribution >= 0.6 is 0 Å². The van der Waals surface area contributed by atoms with Crippen molar-refractivity contribution < 1.29 is 4.79 Å². The van der Waals surface area contributed by atoms with Crippen LogP contribution in [-0.4, -0.2) is 22.3 Å². The first-order chi connectivity index (χ1) is 7.27. The minimum atomic E-state index is -0.128. The number of carbonyl (C=O) groups excluding carboxylic acids is 1. The number of rotatable bonds is 4. The van der Waals surface area contributed by atoms with Crippen LogP contribution in [0.5, 0.6) is 0 Å². The Hall–Kier alpha value is -1.89. The zero-order chi connectivity index (χ0) is 11.1. The van der Waals surface area contributed by atoms with Crippen LogP contribution < -0.4 is 0 Å². The van der Waals surface area contributed by atoms with Crippen LogP contribution in [-0.2, 0) is 11.3 Å². The molecule has 4 heteroatoms. The molecule has 1 aromatic heterocycles. The summed E-state index contributed by atoms with van der Waals surface area (Å²) in [5.41, 5.74) is 1.03. The summed E-state index contributed by atoms with van der Waals surface area (Å²) in [7, 11) is 0. The molecule has 0 unspecified atom stereocenters. The van der Waals surface area contributed by atoms with Gasteiger partial charge in [-0.3, -0.25) is 9.78 Å². The van der Waals surface area contributed by atoms with Gasteiger partial charge < -0.3 is 4.90 Å². The highest BCUT2D eigenvalue weighted by Crippen LogP contribution is 2.04. The second-order valence-corrected chi connectivity index (χ2v) is 3.10. The number of hydrogen-bond acceptors (Lipinski definition) is 3. The third-order valence-electron chi connectivity index (χ3n) is 2.09. The molecule has 0 radical (unpaired) electrons. The van der Waals surface area contributed by atoms with Crippen LogP contribution in [0.25, 0.3) is 0 Å². The maximum absolute atomic E-state index is 11.5. The summed E-state index contributed by atoms with van der Waals surface area (Å²) in [6, 6.07) is 5.59. The Morgan fingerprint density at radius 1 is 1.53 bits per heavy atom. The molecule has 0 fully saturated rings. The molecule has 0 bridgehead atoms. The topological polar surface area (TPSA) is 57.0 Å². The number of nitriles is 1. The first kappa shape index (κ1) is 11.2. The van der Waals surface area contributed by atoms with E-state index in [-0.39, 0.29) is 12.3 Å². The minimum absolute atomic E-state index is 0.0566. The number of amides is 1. The van der Waals surface area contributed by atoms with Gasteiger partial charge >= 0.3 is 0 Å². The molecule has 4 nitrogen and oxygen atoms in total. The van der Waals surface area contributed by atoms with Gasteiger partial charge in [0.15, 0.2) is 0 Å². The molecule has 0 aromatic carbocycles. The van der Waals surface area contributed by atoms with Gasteiger partial charge in [-0.25, -0.2) is 0 Å². The lowest BCUT2D eigenvalue weighted by Gasteiger charge is -2.19. The van der Waals surface area contributed by atoms with Gasteiger partial charge in [-0.1, -0.05) is 0 Å². The van der Waals surface area contributed by atoms with Gasteiger partial charge in [-0.2, -0.15) is 5.26 Å². The third kappa shape index (κ3) is 3.39. The molecule has 0 saturated carbocycles. The van der Waals surface area contributed by atoms with Crippen molar-refractivity contribution in [3.05, 3.63) is 30.1 Å². The molecule has 0 aliphatic heterocycles. The summed E-state index contributed by atoms with van der Waals surface area (Å²) in [5.74, 6) is -0.128. The Bertz CT molecular complexity index is 356. The lowest BCUT2D eigenvalue weighted by molar-refractivity contribution is -0.130. The van der Waals surface area contributed by atoms with Gasteiger partial charge in [0.25, 0.3) is 0 Å². The second kappa shape index (κ2) is 5.76. The van der Waals surface area contributed by atoms with Crippen molar-refractivity contribution in [3.8, 4) is 6.07 Å². The first-order valence-electron chi connectivity index (χ1n) is 4.81. The Morgan fingerprint density at radius 2 is 2.20 bits per heavy atom. The Balaban J connectivity index is 2.62. The lowest BCUT2D eigenvalue weighted by atomic mass is 10.2. The summed E-state index contributed by atoms with van der Waals surface area (Å²) in [6.45, 7) is 3.05. The minimum Gasteiger partial charge on any atom is -0.338 e. The van der Waals surface area contributed by atoms with E-state index in [0.29, 0.717) is 13.1 Å². The van der Waals surface area contributed by atoms with Crippen molar-refractivity contribution in [1.82, 2.24) is 9.88 Å². The first-order valence-corrected chi connectivity index (χ1v) is 4.81. The Kier molecular flexibility index (Phi) is 4.30. The number of aromatic nitrogens is 1. The quantitative estimate of drug-likeness (QED) is 0.742. The summed E-state index contributed by atoms with van der Waals surface area (Å²) >= 11 is 0. The van der Waals surface area contributed by atoms with Gasteiger partial charge in [-0.15, -0.1) is 0 Å². The number of carbonyl (C=O) groups is 1. The number of hydrogen-bond donors (Lipinski definition) is 0. The lowest BCUT2D eigenvalue weighted by Crippen LogP contribution is -2.29. The molecule has 0 saturated heterocycles. The number of pyridine rings is 1. The Morgan fingerprint density at radius 3 is 2.73 bits per heavy atom. The van der Waals surface area contributed by atoms with E-state index in [1.807, 2.05) is 25.1 Å². The van der Waals surface area contributed by atoms with Gasteiger partial charge in [0.2, 0.25) is 5.91 Å². The van der Waals surface area contributed by atoms with Crippen LogP contribution in [0.2, 0.25) is 0 Å². The molecule has 15 heavy (non-hydrogen) atoms. The average molecular weight is 203 g/mol. The normalized spacial score (nSPS) is 9.33. The highest BCUT2D eigenvalue weighted by molar-refractivity contribution is 5.78. The molecule has 0 spiro atoms. The van der Waals surface area contributed by atoms with E-state index in [1.165, 1.54) is 0 Å². The van der Waals surface area contributed by atoms with Crippen LogP contribution in [0.1, 0.15) is 18.9 Å². The molecule has 1 heterocycles. The average Bonchev–Trinajstić information content (AvgIpc) is 2.27. The predicted molar refractivity (Wildman–Crippen MR) is 55.6 cm³/mol. The highest BCUT2D eigenvalue weighted by atomic mass is 16.2. The van der Waals surface area contributed by atoms with Gasteiger partial charge in [-0.05, 0) is 24.6 Å². The van der Waals surface area contributed by atoms with Crippen molar-refractivity contribution >= 4 is 5.91 Å². The maximum Gasteiger partial charge on any atom is 0.237 e. The fourth-order valence-electron chi connectivity index (χ4n) is 1.26. The fraction of sp³-hybridized carbons (Fsp3) is 0.364. The zero-order valence-corrected chi connectivity index (χ0v) is 8.68. The highest BCUT2D eigenvalue weighted by Gasteiger charge is 2.10. The number of nitrogens with zero attached hydrogens (tertiary/aromatic N) is 3. The molecule has 0 aliphatic carbocycles. The van der Waals surface area contributed by atoms with E-state index in [4.69, 9.17) is 5.26 Å². The third-order valence-corrected chi connectivity index (χ3v) is 2.09. The summed E-state index contributed by atoms with van der Waals surface area (Å²) in [5, 5.41) is 8.44. The molecule has 1 aromatic rings. The standard InChI is InChI=1S/C11H13N3O/c1-2-14(11(15)3-6-12)9-10-4-7-13-8-5-10/h4-5,7-8H,2-3,9H2,1H3. The molecule has 1 amide bonds. The van der Waals surface area contributed by atoms with Crippen molar-refractivity contribution in [2.45, 2.75) is 19.9 Å². The zero-order valence-electron chi connectivity index (χ0n) is 8.68. The second-order valence-electron chi connectivity index (χ2n) is 3.10. The maximum atomic E-state index is 11.5. The van der Waals surface area contributed by atoms with Crippen molar-refractivity contribution in [1.29, 1.82) is 5.26 Å². The summed E-state index contributed by atoms with van der Waals surface area (Å²) in [4.78, 5) is 17.0. The molecule has 78 valence electrons. The molecule has 1 rings (SSSR count). The molecule has 0 aliphatic rings. The van der Waals surface area contributed by atoms with E-state index in [1.54, 1.807) is 17.3 Å². The van der Waals surface area contributed by atoms with E-state index in [0.717, 1.165) is 5.56 Å². The van der Waals surface area contributed by atoms with Crippen molar-refractivity contribution in [3.63, 3.8) is 0 Å². The molecular weight excluding hydrogens is 190 g/mol. The van der Waals surface area contributed by atoms with Crippen molar-refractivity contribution in [2.24, 2.45) is 0 Å². The van der Waals surface area contributed by atoms with Crippen LogP contribution in [0.15, 0.2) is 24.5 Å². The van der Waals surface area contributed by atoms with Gasteiger partial charge in [0, 0.05) is 25.5 Å². The monoisotopic (exact) mass is 203 g/mol. The summed E-state index contributed by atoms with van der Waals surface area (Å²) in [6.07, 6.45) is 3.33. The summed E-state index contributed by atoms with van der Waals surface area (Å²) < 4.78 is 0. The van der Waals surface area contributed by atoms with Gasteiger partial charge in [0.05, 0.1) is 6.07 Å². The van der Waals surface area contributed by atoms with E-state index in [2.05, 4.69) is 4.98 Å². The smallest absolute Gasteiger partial charge is 0.237 e. The van der Waals surface area contributed by atoms with E-state index >= 15 is 0 Å². The molecular formula is C11H13N3O. The van der Waals surface area contributed by atoms with Gasteiger partial charge in [0.1, 0.15) is 6.42 Å². The van der Waals surface area contributed by atoms with E-state index < -0.39 is 0 Å². The van der Waals surface area contributed by atoms with E-state index in [9.17, 15) is 4.79 Å². The fourth-order valence-corrected chi connectivity index (χ4v) is 1.26. The molecule has 0 atom stereocenters. The predicted octanol–water partition coefficient (Wildman–Crippen LogP) is 1.34.